The minimum absolute atomic E-state index is 0.0403. The number of aromatic nitrogens is 1. The number of nitrogens with zero attached hydrogens (tertiary/aromatic N) is 3. The standard InChI is InChI=1S/C13H20N4O2/c1-2-9-16(11-5-3-7-14-10-11)12-6-4-8-15-13(12)17(18)19/h4,6,8,11,14H,2-3,5,7,9-10H2,1H3. The van der Waals surface area contributed by atoms with Gasteiger partial charge >= 0.3 is 5.82 Å². The van der Waals surface area contributed by atoms with Crippen LogP contribution in [0.1, 0.15) is 26.2 Å². The van der Waals surface area contributed by atoms with Gasteiger partial charge in [0, 0.05) is 19.1 Å². The van der Waals surface area contributed by atoms with Crippen molar-refractivity contribution in [3.05, 3.63) is 28.4 Å². The largest absolute Gasteiger partial charge is 0.387 e. The first-order valence-electron chi connectivity index (χ1n) is 6.80. The van der Waals surface area contributed by atoms with Gasteiger partial charge in [-0.2, -0.15) is 0 Å². The molecule has 1 saturated heterocycles. The molecular weight excluding hydrogens is 244 g/mol. The molecule has 1 aliphatic heterocycles. The normalized spacial score (nSPS) is 19.1. The molecule has 0 saturated carbocycles. The number of anilines is 1. The third-order valence-electron chi connectivity index (χ3n) is 3.42. The Morgan fingerprint density at radius 2 is 2.47 bits per heavy atom. The van der Waals surface area contributed by atoms with E-state index in [2.05, 4.69) is 22.1 Å². The second-order valence-corrected chi connectivity index (χ2v) is 4.80. The highest BCUT2D eigenvalue weighted by Crippen LogP contribution is 2.28. The van der Waals surface area contributed by atoms with Gasteiger partial charge in [-0.1, -0.05) is 6.92 Å². The van der Waals surface area contributed by atoms with Crippen LogP contribution < -0.4 is 10.2 Å². The van der Waals surface area contributed by atoms with Crippen molar-refractivity contribution in [2.24, 2.45) is 0 Å². The zero-order chi connectivity index (χ0) is 13.7. The van der Waals surface area contributed by atoms with Crippen LogP contribution in [0.4, 0.5) is 11.5 Å². The second-order valence-electron chi connectivity index (χ2n) is 4.80. The Bertz CT molecular complexity index is 432. The highest BCUT2D eigenvalue weighted by molar-refractivity contribution is 5.59. The molecule has 0 amide bonds. The molecule has 1 aliphatic rings. The van der Waals surface area contributed by atoms with E-state index in [4.69, 9.17) is 0 Å². The second kappa shape index (κ2) is 6.47. The molecule has 1 atom stereocenters. The molecule has 1 N–H and O–H groups in total. The Labute approximate surface area is 113 Å². The lowest BCUT2D eigenvalue weighted by Crippen LogP contribution is -2.46. The van der Waals surface area contributed by atoms with E-state index in [1.165, 1.54) is 6.20 Å². The molecule has 1 aromatic heterocycles. The molecule has 6 heteroatoms. The van der Waals surface area contributed by atoms with Crippen LogP contribution in [0, 0.1) is 10.1 Å². The quantitative estimate of drug-likeness (QED) is 0.650. The number of pyridine rings is 1. The van der Waals surface area contributed by atoms with Gasteiger partial charge in [0.1, 0.15) is 11.9 Å². The molecule has 2 rings (SSSR count). The fraction of sp³-hybridized carbons (Fsp3) is 0.615. The lowest BCUT2D eigenvalue weighted by atomic mass is 10.0. The third kappa shape index (κ3) is 3.20. The van der Waals surface area contributed by atoms with Gasteiger partial charge in [0.2, 0.25) is 0 Å². The molecule has 0 radical (unpaired) electrons. The van der Waals surface area contributed by atoms with Crippen LogP contribution in [0.15, 0.2) is 18.3 Å². The molecule has 1 aromatic rings. The predicted octanol–water partition coefficient (Wildman–Crippen LogP) is 1.96. The van der Waals surface area contributed by atoms with Crippen molar-refractivity contribution in [1.29, 1.82) is 0 Å². The highest BCUT2D eigenvalue weighted by Gasteiger charge is 2.26. The average molecular weight is 264 g/mol. The molecular formula is C13H20N4O2. The first-order valence-corrected chi connectivity index (χ1v) is 6.80. The van der Waals surface area contributed by atoms with Crippen LogP contribution in [0.3, 0.4) is 0 Å². The summed E-state index contributed by atoms with van der Waals surface area (Å²) in [6.45, 7) is 4.82. The summed E-state index contributed by atoms with van der Waals surface area (Å²) in [6.07, 6.45) is 4.62. The lowest BCUT2D eigenvalue weighted by Gasteiger charge is -2.35. The van der Waals surface area contributed by atoms with Crippen molar-refractivity contribution in [2.45, 2.75) is 32.2 Å². The maximum absolute atomic E-state index is 11.1. The van der Waals surface area contributed by atoms with Crippen LogP contribution in [0.25, 0.3) is 0 Å². The van der Waals surface area contributed by atoms with Crippen molar-refractivity contribution >= 4 is 11.5 Å². The van der Waals surface area contributed by atoms with Gasteiger partial charge in [0.15, 0.2) is 0 Å². The summed E-state index contributed by atoms with van der Waals surface area (Å²) in [6, 6.07) is 3.88. The number of piperidine rings is 1. The predicted molar refractivity (Wildman–Crippen MR) is 74.4 cm³/mol. The SMILES string of the molecule is CCCN(c1cccnc1[N+](=O)[O-])C1CCCNC1. The van der Waals surface area contributed by atoms with E-state index in [-0.39, 0.29) is 5.82 Å². The van der Waals surface area contributed by atoms with Crippen LogP contribution in [0.2, 0.25) is 0 Å². The third-order valence-corrected chi connectivity index (χ3v) is 3.42. The van der Waals surface area contributed by atoms with E-state index in [1.54, 1.807) is 12.1 Å². The van der Waals surface area contributed by atoms with Crippen molar-refractivity contribution in [2.75, 3.05) is 24.5 Å². The van der Waals surface area contributed by atoms with Crippen molar-refractivity contribution < 1.29 is 4.92 Å². The molecule has 19 heavy (non-hydrogen) atoms. The van der Waals surface area contributed by atoms with Gasteiger partial charge in [0.25, 0.3) is 0 Å². The van der Waals surface area contributed by atoms with Crippen LogP contribution in [-0.2, 0) is 0 Å². The Hall–Kier alpha value is -1.69. The fourth-order valence-corrected chi connectivity index (χ4v) is 2.59. The summed E-state index contributed by atoms with van der Waals surface area (Å²) in [5.74, 6) is -0.0403. The number of nitrogens with one attached hydrogen (secondary N) is 1. The number of nitro groups is 1. The van der Waals surface area contributed by atoms with Gasteiger partial charge in [-0.05, 0) is 47.8 Å². The van der Waals surface area contributed by atoms with Crippen molar-refractivity contribution in [3.8, 4) is 0 Å². The van der Waals surface area contributed by atoms with E-state index < -0.39 is 4.92 Å². The summed E-state index contributed by atoms with van der Waals surface area (Å²) in [5.41, 5.74) is 0.642. The minimum atomic E-state index is -0.395. The van der Waals surface area contributed by atoms with Gasteiger partial charge in [0.05, 0.1) is 0 Å². The molecule has 104 valence electrons. The maximum atomic E-state index is 11.1. The molecule has 2 heterocycles. The Balaban J connectivity index is 2.29. The monoisotopic (exact) mass is 264 g/mol. The molecule has 0 bridgehead atoms. The Morgan fingerprint density at radius 3 is 3.11 bits per heavy atom. The number of hydrogen-bond donors (Lipinski definition) is 1. The van der Waals surface area contributed by atoms with Crippen LogP contribution >= 0.6 is 0 Å². The minimum Gasteiger partial charge on any atom is -0.360 e. The summed E-state index contributed by atoms with van der Waals surface area (Å²) in [5, 5.41) is 14.5. The van der Waals surface area contributed by atoms with Crippen LogP contribution in [-0.4, -0.2) is 35.6 Å². The fourth-order valence-electron chi connectivity index (χ4n) is 2.59. The zero-order valence-corrected chi connectivity index (χ0v) is 11.2. The van der Waals surface area contributed by atoms with E-state index in [1.807, 2.05) is 0 Å². The van der Waals surface area contributed by atoms with E-state index in [0.717, 1.165) is 38.9 Å². The van der Waals surface area contributed by atoms with Gasteiger partial charge in [-0.25, -0.2) is 0 Å². The molecule has 0 aromatic carbocycles. The first kappa shape index (κ1) is 13.7. The van der Waals surface area contributed by atoms with E-state index in [9.17, 15) is 10.1 Å². The molecule has 6 nitrogen and oxygen atoms in total. The van der Waals surface area contributed by atoms with Gasteiger partial charge in [-0.15, -0.1) is 0 Å². The Morgan fingerprint density at radius 1 is 1.63 bits per heavy atom. The molecule has 0 aliphatic carbocycles. The van der Waals surface area contributed by atoms with Gasteiger partial charge in [-0.3, -0.25) is 0 Å². The number of hydrogen-bond acceptors (Lipinski definition) is 5. The highest BCUT2D eigenvalue weighted by atomic mass is 16.6. The van der Waals surface area contributed by atoms with E-state index in [0.29, 0.717) is 11.7 Å². The molecule has 1 fully saturated rings. The summed E-state index contributed by atoms with van der Waals surface area (Å²) < 4.78 is 0. The average Bonchev–Trinajstić information content (AvgIpc) is 2.45. The summed E-state index contributed by atoms with van der Waals surface area (Å²) in [7, 11) is 0. The van der Waals surface area contributed by atoms with Gasteiger partial charge < -0.3 is 20.3 Å². The van der Waals surface area contributed by atoms with Crippen molar-refractivity contribution in [1.82, 2.24) is 10.3 Å². The molecule has 1 unspecified atom stereocenters. The Kier molecular flexibility index (Phi) is 4.68. The smallest absolute Gasteiger partial charge is 0.360 e. The summed E-state index contributed by atoms with van der Waals surface area (Å²) in [4.78, 5) is 16.8. The molecule has 0 spiro atoms. The van der Waals surface area contributed by atoms with Crippen molar-refractivity contribution in [3.63, 3.8) is 0 Å². The number of rotatable bonds is 5. The van der Waals surface area contributed by atoms with Crippen LogP contribution in [0.5, 0.6) is 0 Å². The van der Waals surface area contributed by atoms with E-state index >= 15 is 0 Å². The zero-order valence-electron chi connectivity index (χ0n) is 11.2. The maximum Gasteiger partial charge on any atom is 0.387 e. The summed E-state index contributed by atoms with van der Waals surface area (Å²) >= 11 is 0. The topological polar surface area (TPSA) is 71.3 Å². The first-order chi connectivity index (χ1) is 9.24. The lowest BCUT2D eigenvalue weighted by molar-refractivity contribution is -0.388.